The predicted molar refractivity (Wildman–Crippen MR) is 102 cm³/mol. The van der Waals surface area contributed by atoms with Gasteiger partial charge in [-0.2, -0.15) is 0 Å². The molecular weight excluding hydrogens is 444 g/mol. The highest BCUT2D eigenvalue weighted by atomic mass is 79.9. The molecule has 1 aliphatic rings. The second-order valence-electron chi connectivity index (χ2n) is 5.78. The maximum absolute atomic E-state index is 12.5. The van der Waals surface area contributed by atoms with E-state index in [0.717, 1.165) is 14.3 Å². The van der Waals surface area contributed by atoms with Gasteiger partial charge < -0.3 is 0 Å². The van der Waals surface area contributed by atoms with Crippen molar-refractivity contribution in [1.29, 1.82) is 0 Å². The molecule has 0 unspecified atom stereocenters. The SMILES string of the molecule is Cc1cc(Br)ccc1NS(=O)(=O)c1ccc(N2C(=O)CCS2(=O)=O)cc1. The Balaban J connectivity index is 1.89. The molecule has 0 radical (unpaired) electrons. The van der Waals surface area contributed by atoms with Crippen molar-refractivity contribution >= 4 is 53.3 Å². The van der Waals surface area contributed by atoms with Gasteiger partial charge in [0, 0.05) is 10.9 Å². The number of hydrogen-bond donors (Lipinski definition) is 1. The maximum Gasteiger partial charge on any atom is 0.261 e. The topological polar surface area (TPSA) is 101 Å². The van der Waals surface area contributed by atoms with Crippen molar-refractivity contribution in [2.75, 3.05) is 14.8 Å². The summed E-state index contributed by atoms with van der Waals surface area (Å²) in [5, 5.41) is 0. The summed E-state index contributed by atoms with van der Waals surface area (Å²) in [6, 6.07) is 10.3. The van der Waals surface area contributed by atoms with Crippen LogP contribution in [0.25, 0.3) is 0 Å². The summed E-state index contributed by atoms with van der Waals surface area (Å²) in [6.07, 6.45) is -0.0766. The first kappa shape index (κ1) is 18.9. The molecule has 2 aromatic rings. The van der Waals surface area contributed by atoms with Crippen LogP contribution in [0.5, 0.6) is 0 Å². The maximum atomic E-state index is 12.5. The van der Waals surface area contributed by atoms with Crippen LogP contribution >= 0.6 is 15.9 Å². The summed E-state index contributed by atoms with van der Waals surface area (Å²) in [5.41, 5.74) is 1.31. The Labute approximate surface area is 160 Å². The zero-order chi connectivity index (χ0) is 19.1. The van der Waals surface area contributed by atoms with Gasteiger partial charge >= 0.3 is 0 Å². The summed E-state index contributed by atoms with van der Waals surface area (Å²) in [5.74, 6) is -0.764. The number of carbonyl (C=O) groups is 1. The minimum absolute atomic E-state index is 0.0346. The van der Waals surface area contributed by atoms with Gasteiger partial charge in [0.1, 0.15) is 0 Å². The van der Waals surface area contributed by atoms with E-state index in [1.165, 1.54) is 24.3 Å². The van der Waals surface area contributed by atoms with Crippen molar-refractivity contribution in [3.05, 3.63) is 52.5 Å². The van der Waals surface area contributed by atoms with Gasteiger partial charge in [0.2, 0.25) is 15.9 Å². The van der Waals surface area contributed by atoms with Crippen LogP contribution in [0.2, 0.25) is 0 Å². The monoisotopic (exact) mass is 458 g/mol. The van der Waals surface area contributed by atoms with Crippen LogP contribution in [0.15, 0.2) is 51.8 Å². The lowest BCUT2D eigenvalue weighted by molar-refractivity contribution is -0.116. The minimum Gasteiger partial charge on any atom is -0.279 e. The Morgan fingerprint density at radius 1 is 1.12 bits per heavy atom. The lowest BCUT2D eigenvalue weighted by atomic mass is 10.2. The number of hydrogen-bond acceptors (Lipinski definition) is 5. The van der Waals surface area contributed by atoms with Gasteiger partial charge in [0.25, 0.3) is 10.0 Å². The van der Waals surface area contributed by atoms with Crippen LogP contribution < -0.4 is 9.03 Å². The van der Waals surface area contributed by atoms with Crippen molar-refractivity contribution in [2.45, 2.75) is 18.2 Å². The Morgan fingerprint density at radius 3 is 2.31 bits per heavy atom. The average molecular weight is 459 g/mol. The fourth-order valence-electron chi connectivity index (χ4n) is 2.57. The summed E-state index contributed by atoms with van der Waals surface area (Å²) < 4.78 is 53.0. The van der Waals surface area contributed by atoms with Gasteiger partial charge in [-0.3, -0.25) is 9.52 Å². The quantitative estimate of drug-likeness (QED) is 0.758. The molecule has 1 fully saturated rings. The van der Waals surface area contributed by atoms with Gasteiger partial charge in [0.05, 0.1) is 22.0 Å². The fourth-order valence-corrected chi connectivity index (χ4v) is 5.64. The van der Waals surface area contributed by atoms with E-state index in [0.29, 0.717) is 5.69 Å². The molecular formula is C16H15BrN2O5S2. The second kappa shape index (κ2) is 6.67. The number of rotatable bonds is 4. The molecule has 1 heterocycles. The molecule has 1 saturated heterocycles. The third kappa shape index (κ3) is 3.62. The number of sulfonamides is 2. The van der Waals surface area contributed by atoms with E-state index in [9.17, 15) is 21.6 Å². The fraction of sp³-hybridized carbons (Fsp3) is 0.188. The normalized spacial score (nSPS) is 16.7. The van der Waals surface area contributed by atoms with Crippen molar-refractivity contribution < 1.29 is 21.6 Å². The predicted octanol–water partition coefficient (Wildman–Crippen LogP) is 2.62. The number of anilines is 2. The van der Waals surface area contributed by atoms with E-state index in [1.54, 1.807) is 25.1 Å². The minimum atomic E-state index is -3.85. The molecule has 10 heteroatoms. The average Bonchev–Trinajstić information content (AvgIpc) is 2.83. The molecule has 0 bridgehead atoms. The van der Waals surface area contributed by atoms with Gasteiger partial charge in [0.15, 0.2) is 0 Å². The number of nitrogens with zero attached hydrogens (tertiary/aromatic N) is 1. The molecule has 2 aromatic carbocycles. The summed E-state index contributed by atoms with van der Waals surface area (Å²) in [6.45, 7) is 1.77. The number of carbonyl (C=O) groups excluding carboxylic acids is 1. The van der Waals surface area contributed by atoms with Crippen LogP contribution in [-0.4, -0.2) is 28.5 Å². The third-order valence-electron chi connectivity index (χ3n) is 3.89. The molecule has 1 aliphatic heterocycles. The summed E-state index contributed by atoms with van der Waals surface area (Å²) in [4.78, 5) is 11.8. The zero-order valence-electron chi connectivity index (χ0n) is 13.6. The lowest BCUT2D eigenvalue weighted by Crippen LogP contribution is -2.29. The van der Waals surface area contributed by atoms with Gasteiger partial charge in [-0.1, -0.05) is 15.9 Å². The van der Waals surface area contributed by atoms with Crippen molar-refractivity contribution in [1.82, 2.24) is 0 Å². The number of benzene rings is 2. The first-order valence-corrected chi connectivity index (χ1v) is 11.4. The van der Waals surface area contributed by atoms with E-state index < -0.39 is 26.0 Å². The highest BCUT2D eigenvalue weighted by Crippen LogP contribution is 2.27. The summed E-state index contributed by atoms with van der Waals surface area (Å²) in [7, 11) is -7.53. The molecule has 0 aliphatic carbocycles. The smallest absolute Gasteiger partial charge is 0.261 e. The molecule has 0 aromatic heterocycles. The Bertz CT molecular complexity index is 1080. The van der Waals surface area contributed by atoms with Crippen LogP contribution in [0.4, 0.5) is 11.4 Å². The van der Waals surface area contributed by atoms with Crippen LogP contribution in [-0.2, 0) is 24.8 Å². The van der Waals surface area contributed by atoms with Crippen LogP contribution in [0.3, 0.4) is 0 Å². The molecule has 7 nitrogen and oxygen atoms in total. The number of aryl methyl sites for hydroxylation is 1. The van der Waals surface area contributed by atoms with E-state index in [-0.39, 0.29) is 22.8 Å². The molecule has 3 rings (SSSR count). The molecule has 26 heavy (non-hydrogen) atoms. The number of nitrogens with one attached hydrogen (secondary N) is 1. The number of halogens is 1. The zero-order valence-corrected chi connectivity index (χ0v) is 16.9. The molecule has 138 valence electrons. The van der Waals surface area contributed by atoms with Crippen molar-refractivity contribution in [3.8, 4) is 0 Å². The lowest BCUT2D eigenvalue weighted by Gasteiger charge is -2.16. The molecule has 0 saturated carbocycles. The standard InChI is InChI=1S/C16H15BrN2O5S2/c1-11-10-12(17)2-7-15(11)18-26(23,24)14-5-3-13(4-6-14)19-16(20)8-9-25(19,21)22/h2-7,10,18H,8-9H2,1H3. The number of amides is 1. The summed E-state index contributed by atoms with van der Waals surface area (Å²) >= 11 is 3.32. The van der Waals surface area contributed by atoms with E-state index in [2.05, 4.69) is 20.7 Å². The second-order valence-corrected chi connectivity index (χ2v) is 10.3. The first-order chi connectivity index (χ1) is 12.1. The van der Waals surface area contributed by atoms with Crippen molar-refractivity contribution in [3.63, 3.8) is 0 Å². The molecule has 1 amide bonds. The highest BCUT2D eigenvalue weighted by molar-refractivity contribution is 9.10. The van der Waals surface area contributed by atoms with Gasteiger partial charge in [-0.05, 0) is 55.0 Å². The first-order valence-electron chi connectivity index (χ1n) is 7.55. The Morgan fingerprint density at radius 2 is 1.77 bits per heavy atom. The molecule has 1 N–H and O–H groups in total. The largest absolute Gasteiger partial charge is 0.279 e. The van der Waals surface area contributed by atoms with Crippen molar-refractivity contribution in [2.24, 2.45) is 0 Å². The molecule has 0 spiro atoms. The van der Waals surface area contributed by atoms with Gasteiger partial charge in [-0.25, -0.2) is 21.1 Å². The van der Waals surface area contributed by atoms with Crippen LogP contribution in [0.1, 0.15) is 12.0 Å². The van der Waals surface area contributed by atoms with Gasteiger partial charge in [-0.15, -0.1) is 0 Å². The Kier molecular flexibility index (Phi) is 4.84. The molecule has 0 atom stereocenters. The van der Waals surface area contributed by atoms with E-state index >= 15 is 0 Å². The third-order valence-corrected chi connectivity index (χ3v) is 7.46. The van der Waals surface area contributed by atoms with E-state index in [1.807, 2.05) is 0 Å². The van der Waals surface area contributed by atoms with E-state index in [4.69, 9.17) is 0 Å². The highest BCUT2D eigenvalue weighted by Gasteiger charge is 2.36. The van der Waals surface area contributed by atoms with Crippen LogP contribution in [0, 0.1) is 6.92 Å². The Hall–Kier alpha value is -1.91.